The van der Waals surface area contributed by atoms with Gasteiger partial charge in [0.2, 0.25) is 0 Å². The van der Waals surface area contributed by atoms with Crippen LogP contribution in [0.15, 0.2) is 0 Å². The molecule has 0 radical (unpaired) electrons. The van der Waals surface area contributed by atoms with Crippen molar-refractivity contribution >= 4 is 17.4 Å². The third-order valence-electron chi connectivity index (χ3n) is 0.438. The van der Waals surface area contributed by atoms with E-state index in [0.717, 1.165) is 0 Å². The van der Waals surface area contributed by atoms with E-state index in [1.807, 2.05) is 0 Å². The smallest absolute Gasteiger partial charge is 0.401 e. The van der Waals surface area contributed by atoms with Gasteiger partial charge in [-0.25, -0.2) is 0 Å². The summed E-state index contributed by atoms with van der Waals surface area (Å²) in [5, 5.41) is 15.5. The van der Waals surface area contributed by atoms with Crippen LogP contribution in [0.4, 0.5) is 8.78 Å². The summed E-state index contributed by atoms with van der Waals surface area (Å²) in [6.07, 6.45) is 0. The number of alkyl halides is 2. The molecule has 10 heavy (non-hydrogen) atoms. The molecule has 0 aromatic carbocycles. The fourth-order valence-electron chi connectivity index (χ4n) is 0.162. The van der Waals surface area contributed by atoms with E-state index in [1.165, 1.54) is 0 Å². The fraction of sp³-hybridized carbons (Fsp3) is 1.00. The Labute approximate surface area is 55.5 Å². The molecule has 0 saturated heterocycles. The third kappa shape index (κ3) is 3.06. The van der Waals surface area contributed by atoms with Gasteiger partial charge < -0.3 is 10.0 Å². The molecule has 5 nitrogen and oxygen atoms in total. The Kier molecular flexibility index (Phi) is 3.16. The SMILES string of the molecule is O=S(=O)(OB(O)O)C(F)F. The molecule has 9 heteroatoms. The molecule has 2 N–H and O–H groups in total. The van der Waals surface area contributed by atoms with E-state index in [2.05, 4.69) is 4.10 Å². The Bertz CT molecular complexity index is 186. The molecular weight excluding hydrogens is 173 g/mol. The monoisotopic (exact) mass is 176 g/mol. The second-order valence-corrected chi connectivity index (χ2v) is 2.71. The van der Waals surface area contributed by atoms with Gasteiger partial charge in [-0.15, -0.1) is 0 Å². The lowest BCUT2D eigenvalue weighted by Crippen LogP contribution is -2.26. The summed E-state index contributed by atoms with van der Waals surface area (Å²) in [7, 11) is -7.87. The van der Waals surface area contributed by atoms with Gasteiger partial charge in [0.25, 0.3) is 0 Å². The van der Waals surface area contributed by atoms with Crippen LogP contribution in [0.2, 0.25) is 0 Å². The Morgan fingerprint density at radius 3 is 1.90 bits per heavy atom. The number of hydrogen-bond donors (Lipinski definition) is 2. The minimum absolute atomic E-state index is 2.74. The minimum Gasteiger partial charge on any atom is -0.401 e. The van der Waals surface area contributed by atoms with Gasteiger partial charge in [0.15, 0.2) is 0 Å². The van der Waals surface area contributed by atoms with Crippen LogP contribution in [0.1, 0.15) is 0 Å². The van der Waals surface area contributed by atoms with Crippen molar-refractivity contribution in [3.05, 3.63) is 0 Å². The first-order valence-corrected chi connectivity index (χ1v) is 3.40. The Hall–Kier alpha value is -0.245. The van der Waals surface area contributed by atoms with E-state index < -0.39 is 23.2 Å². The topological polar surface area (TPSA) is 83.8 Å². The van der Waals surface area contributed by atoms with Crippen LogP contribution in [-0.4, -0.2) is 31.5 Å². The summed E-state index contributed by atoms with van der Waals surface area (Å²) in [6.45, 7) is 0. The molecule has 0 aliphatic rings. The average Bonchev–Trinajstić information content (AvgIpc) is 1.60. The highest BCUT2D eigenvalue weighted by atomic mass is 32.2. The standard InChI is InChI=1S/CH3BF2O5S/c3-1(4)10(7,8)9-2(5)6/h1,5-6H. The minimum atomic E-state index is -5.13. The number of rotatable bonds is 3. The normalized spacial score (nSPS) is 12.1. The first kappa shape index (κ1) is 9.75. The maximum Gasteiger partial charge on any atom is 0.649 e. The lowest BCUT2D eigenvalue weighted by Gasteiger charge is -2.00. The van der Waals surface area contributed by atoms with E-state index in [-0.39, 0.29) is 0 Å². The second-order valence-electron chi connectivity index (χ2n) is 1.18. The van der Waals surface area contributed by atoms with Gasteiger partial charge in [-0.1, -0.05) is 0 Å². The van der Waals surface area contributed by atoms with Gasteiger partial charge in [-0.3, -0.25) is 4.10 Å². The first-order chi connectivity index (χ1) is 4.36. The zero-order valence-electron chi connectivity index (χ0n) is 4.44. The largest absolute Gasteiger partial charge is 0.649 e. The first-order valence-electron chi connectivity index (χ1n) is 1.92. The summed E-state index contributed by atoms with van der Waals surface area (Å²) in [5.74, 6) is -3.77. The van der Waals surface area contributed by atoms with Gasteiger partial charge in [-0.05, 0) is 0 Å². The van der Waals surface area contributed by atoms with E-state index in [0.29, 0.717) is 0 Å². The number of halogens is 2. The van der Waals surface area contributed by atoms with E-state index in [1.54, 1.807) is 0 Å². The zero-order valence-corrected chi connectivity index (χ0v) is 5.25. The summed E-state index contributed by atoms with van der Waals surface area (Å²) < 4.78 is 45.2. The summed E-state index contributed by atoms with van der Waals surface area (Å²) >= 11 is 0. The average molecular weight is 176 g/mol. The molecule has 0 saturated carbocycles. The van der Waals surface area contributed by atoms with Gasteiger partial charge in [0, 0.05) is 0 Å². The summed E-state index contributed by atoms with van der Waals surface area (Å²) in [4.78, 5) is 0. The Morgan fingerprint density at radius 1 is 1.40 bits per heavy atom. The van der Waals surface area contributed by atoms with Crippen LogP contribution in [0.25, 0.3) is 0 Å². The molecule has 0 aromatic rings. The zero-order chi connectivity index (χ0) is 8.36. The molecule has 0 unspecified atom stereocenters. The molecular formula is CH3BF2O5S. The molecule has 0 rings (SSSR count). The highest BCUT2D eigenvalue weighted by molar-refractivity contribution is 7.87. The maximum atomic E-state index is 11.2. The Balaban J connectivity index is 4.16. The molecule has 0 bridgehead atoms. The number of hydrogen-bond acceptors (Lipinski definition) is 5. The molecule has 0 spiro atoms. The molecule has 0 amide bonds. The molecule has 0 aromatic heterocycles. The Morgan fingerprint density at radius 2 is 1.80 bits per heavy atom. The van der Waals surface area contributed by atoms with E-state index >= 15 is 0 Å². The molecule has 0 atom stereocenters. The van der Waals surface area contributed by atoms with Crippen LogP contribution in [-0.2, 0) is 14.2 Å². The van der Waals surface area contributed by atoms with Crippen molar-refractivity contribution in [3.63, 3.8) is 0 Å². The van der Waals surface area contributed by atoms with Crippen LogP contribution < -0.4 is 0 Å². The lowest BCUT2D eigenvalue weighted by atomic mass is 10.3. The maximum absolute atomic E-state index is 11.2. The van der Waals surface area contributed by atoms with Crippen molar-refractivity contribution in [1.29, 1.82) is 0 Å². The van der Waals surface area contributed by atoms with Gasteiger partial charge >= 0.3 is 23.2 Å². The lowest BCUT2D eigenvalue weighted by molar-refractivity contribution is 0.205. The van der Waals surface area contributed by atoms with Gasteiger partial charge in [0.05, 0.1) is 0 Å². The molecule has 0 aliphatic carbocycles. The third-order valence-corrected chi connectivity index (χ3v) is 1.32. The quantitative estimate of drug-likeness (QED) is 0.512. The van der Waals surface area contributed by atoms with Crippen molar-refractivity contribution in [3.8, 4) is 0 Å². The van der Waals surface area contributed by atoms with E-state index in [9.17, 15) is 17.2 Å². The molecule has 0 heterocycles. The van der Waals surface area contributed by atoms with Crippen LogP contribution in [0, 0.1) is 0 Å². The van der Waals surface area contributed by atoms with Gasteiger partial charge in [0.1, 0.15) is 0 Å². The second kappa shape index (κ2) is 3.24. The fourth-order valence-corrected chi connectivity index (χ4v) is 0.486. The van der Waals surface area contributed by atoms with Crippen molar-refractivity contribution in [2.45, 2.75) is 5.76 Å². The van der Waals surface area contributed by atoms with Crippen molar-refractivity contribution in [2.24, 2.45) is 0 Å². The molecule has 60 valence electrons. The predicted molar refractivity (Wildman–Crippen MR) is 26.2 cm³/mol. The van der Waals surface area contributed by atoms with Crippen molar-refractivity contribution < 1.29 is 31.3 Å². The highest BCUT2D eigenvalue weighted by Gasteiger charge is 2.30. The van der Waals surface area contributed by atoms with Crippen LogP contribution in [0.3, 0.4) is 0 Å². The molecule has 0 aliphatic heterocycles. The van der Waals surface area contributed by atoms with Crippen molar-refractivity contribution in [1.82, 2.24) is 0 Å². The van der Waals surface area contributed by atoms with Crippen LogP contribution >= 0.6 is 0 Å². The predicted octanol–water partition coefficient (Wildman–Crippen LogP) is -1.48. The summed E-state index contributed by atoms with van der Waals surface area (Å²) in [6, 6.07) is 0. The summed E-state index contributed by atoms with van der Waals surface area (Å²) in [5.41, 5.74) is 0. The van der Waals surface area contributed by atoms with E-state index in [4.69, 9.17) is 10.0 Å². The molecule has 0 fully saturated rings. The van der Waals surface area contributed by atoms with Crippen LogP contribution in [0.5, 0.6) is 0 Å². The highest BCUT2D eigenvalue weighted by Crippen LogP contribution is 2.06. The van der Waals surface area contributed by atoms with Crippen molar-refractivity contribution in [2.75, 3.05) is 0 Å². The van der Waals surface area contributed by atoms with Gasteiger partial charge in [-0.2, -0.15) is 17.2 Å².